The van der Waals surface area contributed by atoms with Gasteiger partial charge in [0.2, 0.25) is 0 Å². The van der Waals surface area contributed by atoms with Gasteiger partial charge in [-0.2, -0.15) is 0 Å². The van der Waals surface area contributed by atoms with Crippen LogP contribution in [0.5, 0.6) is 0 Å². The topological polar surface area (TPSA) is 0 Å². The summed E-state index contributed by atoms with van der Waals surface area (Å²) >= 11 is 0. The van der Waals surface area contributed by atoms with E-state index in [1.807, 2.05) is 13.8 Å². The fraction of sp³-hybridized carbons (Fsp3) is 0.818. The number of hydrogen-bond acceptors (Lipinski definition) is 0. The maximum absolute atomic E-state index is 4.03. The molecule has 0 spiro atoms. The lowest BCUT2D eigenvalue weighted by Gasteiger charge is -2.48. The maximum atomic E-state index is 4.03. The minimum absolute atomic E-state index is 1.02. The molecule has 0 amide bonds. The van der Waals surface area contributed by atoms with Crippen LogP contribution >= 0.6 is 0 Å². The molecular weight excluding hydrogens is 132 g/mol. The average molecular weight is 152 g/mol. The molecule has 0 heterocycles. The van der Waals surface area contributed by atoms with Gasteiger partial charge >= 0.3 is 0 Å². The highest BCUT2D eigenvalue weighted by Crippen LogP contribution is 2.51. The van der Waals surface area contributed by atoms with Crippen LogP contribution in [0.2, 0.25) is 0 Å². The van der Waals surface area contributed by atoms with E-state index < -0.39 is 0 Å². The molecule has 11 heavy (non-hydrogen) atoms. The summed E-state index contributed by atoms with van der Waals surface area (Å²) in [4.78, 5) is 0. The Bertz CT molecular complexity index is 132. The summed E-state index contributed by atoms with van der Waals surface area (Å²) < 4.78 is 0. The van der Waals surface area contributed by atoms with E-state index in [1.165, 1.54) is 24.8 Å². The molecule has 64 valence electrons. The van der Waals surface area contributed by atoms with E-state index in [1.54, 1.807) is 0 Å². The van der Waals surface area contributed by atoms with Gasteiger partial charge < -0.3 is 0 Å². The Kier molecular flexibility index (Phi) is 2.75. The molecule has 0 heteroatoms. The van der Waals surface area contributed by atoms with Crippen molar-refractivity contribution in [1.82, 2.24) is 0 Å². The van der Waals surface area contributed by atoms with Gasteiger partial charge in [0.25, 0.3) is 0 Å². The summed E-state index contributed by atoms with van der Waals surface area (Å²) in [6.07, 6.45) is 4.16. The molecular formula is C11H20. The number of fused-ring (bicyclic) bond motifs is 2. The molecule has 2 atom stereocenters. The van der Waals surface area contributed by atoms with Crippen LogP contribution in [0, 0.1) is 17.8 Å². The van der Waals surface area contributed by atoms with E-state index >= 15 is 0 Å². The largest absolute Gasteiger partial charge is 0.0998 e. The predicted octanol–water partition coefficient (Wildman–Crippen LogP) is 3.63. The summed E-state index contributed by atoms with van der Waals surface area (Å²) in [5, 5.41) is 0. The Morgan fingerprint density at radius 3 is 1.91 bits per heavy atom. The first-order valence-electron chi connectivity index (χ1n) is 4.94. The van der Waals surface area contributed by atoms with Gasteiger partial charge in [0.1, 0.15) is 0 Å². The smallest absolute Gasteiger partial charge is 0.0292 e. The molecule has 0 nitrogen and oxygen atoms in total. The molecule has 3 fully saturated rings. The van der Waals surface area contributed by atoms with Gasteiger partial charge in [0, 0.05) is 0 Å². The molecule has 2 unspecified atom stereocenters. The summed E-state index contributed by atoms with van der Waals surface area (Å²) in [5.74, 6) is 3.07. The van der Waals surface area contributed by atoms with Crippen molar-refractivity contribution in [2.75, 3.05) is 0 Å². The second-order valence-corrected chi connectivity index (χ2v) is 3.77. The van der Waals surface area contributed by atoms with Gasteiger partial charge in [-0.3, -0.25) is 0 Å². The molecule has 0 aliphatic heterocycles. The lowest BCUT2D eigenvalue weighted by molar-refractivity contribution is 0.0579. The molecule has 0 N–H and O–H groups in total. The monoisotopic (exact) mass is 152 g/mol. The van der Waals surface area contributed by atoms with Gasteiger partial charge in [0.05, 0.1) is 0 Å². The number of hydrogen-bond donors (Lipinski definition) is 0. The Labute approximate surface area is 70.7 Å². The highest BCUT2D eigenvalue weighted by molar-refractivity contribution is 5.09. The third kappa shape index (κ3) is 1.50. The lowest BCUT2D eigenvalue weighted by Crippen LogP contribution is -2.39. The fourth-order valence-electron chi connectivity index (χ4n) is 2.37. The van der Waals surface area contributed by atoms with E-state index in [0.29, 0.717) is 0 Å². The van der Waals surface area contributed by atoms with Crippen LogP contribution in [0.1, 0.15) is 40.0 Å². The molecule has 0 aromatic carbocycles. The van der Waals surface area contributed by atoms with Crippen molar-refractivity contribution < 1.29 is 0 Å². The van der Waals surface area contributed by atoms with Crippen LogP contribution in [0.3, 0.4) is 0 Å². The zero-order valence-electron chi connectivity index (χ0n) is 8.06. The van der Waals surface area contributed by atoms with Crippen molar-refractivity contribution in [3.05, 3.63) is 12.2 Å². The summed E-state index contributed by atoms with van der Waals surface area (Å²) in [6, 6.07) is 0. The summed E-state index contributed by atoms with van der Waals surface area (Å²) in [5.41, 5.74) is 1.51. The Morgan fingerprint density at radius 2 is 1.64 bits per heavy atom. The first-order chi connectivity index (χ1) is 5.27. The highest BCUT2D eigenvalue weighted by Gasteiger charge is 2.41. The molecule has 3 aliphatic carbocycles. The minimum Gasteiger partial charge on any atom is -0.0998 e. The van der Waals surface area contributed by atoms with E-state index in [4.69, 9.17) is 0 Å². The van der Waals surface area contributed by atoms with Crippen LogP contribution in [0.15, 0.2) is 12.2 Å². The molecule has 3 rings (SSSR count). The molecule has 0 aromatic rings. The van der Waals surface area contributed by atoms with Crippen molar-refractivity contribution in [3.63, 3.8) is 0 Å². The predicted molar refractivity (Wildman–Crippen MR) is 50.5 cm³/mol. The van der Waals surface area contributed by atoms with Crippen LogP contribution in [-0.4, -0.2) is 0 Å². The number of rotatable bonds is 0. The van der Waals surface area contributed by atoms with E-state index in [9.17, 15) is 0 Å². The fourth-order valence-corrected chi connectivity index (χ4v) is 2.37. The standard InChI is InChI=1S/C9H14.C2H6/c1-6-3-8-5-9(4-6)7(8)2;1-2/h7-9H,1,3-5H2,2H3;1-2H3. The van der Waals surface area contributed by atoms with Crippen LogP contribution < -0.4 is 0 Å². The molecule has 0 saturated heterocycles. The van der Waals surface area contributed by atoms with Gasteiger partial charge in [-0.15, -0.1) is 0 Å². The van der Waals surface area contributed by atoms with Gasteiger partial charge in [-0.25, -0.2) is 0 Å². The van der Waals surface area contributed by atoms with Crippen molar-refractivity contribution >= 4 is 0 Å². The van der Waals surface area contributed by atoms with Crippen molar-refractivity contribution in [1.29, 1.82) is 0 Å². The quantitative estimate of drug-likeness (QED) is 0.465. The van der Waals surface area contributed by atoms with Crippen LogP contribution in [-0.2, 0) is 0 Å². The zero-order chi connectivity index (χ0) is 8.43. The lowest BCUT2D eigenvalue weighted by atomic mass is 9.57. The third-order valence-corrected chi connectivity index (χ3v) is 3.19. The normalized spacial score (nSPS) is 40.3. The summed E-state index contributed by atoms with van der Waals surface area (Å²) in [6.45, 7) is 10.4. The minimum atomic E-state index is 1.02. The van der Waals surface area contributed by atoms with Crippen LogP contribution in [0.4, 0.5) is 0 Å². The summed E-state index contributed by atoms with van der Waals surface area (Å²) in [7, 11) is 0. The molecule has 3 saturated carbocycles. The second-order valence-electron chi connectivity index (χ2n) is 3.77. The molecule has 2 bridgehead atoms. The zero-order valence-corrected chi connectivity index (χ0v) is 8.06. The van der Waals surface area contributed by atoms with E-state index in [0.717, 1.165) is 17.8 Å². The van der Waals surface area contributed by atoms with Crippen molar-refractivity contribution in [3.8, 4) is 0 Å². The second kappa shape index (κ2) is 3.42. The van der Waals surface area contributed by atoms with Crippen LogP contribution in [0.25, 0.3) is 0 Å². The molecule has 0 aromatic heterocycles. The maximum Gasteiger partial charge on any atom is -0.0292 e. The van der Waals surface area contributed by atoms with E-state index in [2.05, 4.69) is 13.5 Å². The number of allylic oxidation sites excluding steroid dienone is 1. The third-order valence-electron chi connectivity index (χ3n) is 3.19. The van der Waals surface area contributed by atoms with Gasteiger partial charge in [-0.1, -0.05) is 32.9 Å². The van der Waals surface area contributed by atoms with E-state index in [-0.39, 0.29) is 0 Å². The Balaban J connectivity index is 0.000000281. The first-order valence-corrected chi connectivity index (χ1v) is 4.94. The SMILES string of the molecule is C=C1CC2CC(C1)C2C.CC. The first kappa shape index (κ1) is 8.83. The molecule has 0 radical (unpaired) electrons. The average Bonchev–Trinajstić information content (AvgIpc) is 2.07. The highest BCUT2D eigenvalue weighted by atomic mass is 14.5. The van der Waals surface area contributed by atoms with Gasteiger partial charge in [-0.05, 0) is 37.0 Å². The Hall–Kier alpha value is -0.260. The Morgan fingerprint density at radius 1 is 1.18 bits per heavy atom. The van der Waals surface area contributed by atoms with Crippen molar-refractivity contribution in [2.45, 2.75) is 40.0 Å². The van der Waals surface area contributed by atoms with Gasteiger partial charge in [0.15, 0.2) is 0 Å². The van der Waals surface area contributed by atoms with Crippen molar-refractivity contribution in [2.24, 2.45) is 17.8 Å². The molecule has 3 aliphatic rings.